The van der Waals surface area contributed by atoms with Crippen LogP contribution in [-0.4, -0.2) is 53.3 Å². The van der Waals surface area contributed by atoms with Gasteiger partial charge in [0.05, 0.1) is 50.3 Å². The Bertz CT molecular complexity index is 1170. The third kappa shape index (κ3) is 5.16. The van der Waals surface area contributed by atoms with Crippen molar-refractivity contribution in [1.29, 1.82) is 0 Å². The summed E-state index contributed by atoms with van der Waals surface area (Å²) in [4.78, 5) is 29.0. The van der Waals surface area contributed by atoms with Crippen molar-refractivity contribution < 1.29 is 14.3 Å². The molecule has 2 bridgehead atoms. The van der Waals surface area contributed by atoms with Gasteiger partial charge in [0.1, 0.15) is 17.3 Å². The molecule has 2 saturated heterocycles. The lowest BCUT2D eigenvalue weighted by Gasteiger charge is -2.35. The number of hydrogen-bond acceptors (Lipinski definition) is 8. The maximum atomic E-state index is 12.8. The number of ether oxygens (including phenoxy) is 2. The topological polar surface area (TPSA) is 102 Å². The van der Waals surface area contributed by atoms with Crippen molar-refractivity contribution >= 4 is 35.0 Å². The smallest absolute Gasteiger partial charge is 0.270 e. The highest BCUT2D eigenvalue weighted by Crippen LogP contribution is 2.33. The number of fused-ring (bicyclic) bond motifs is 2. The van der Waals surface area contributed by atoms with Crippen LogP contribution in [-0.2, 0) is 4.74 Å². The first-order valence-electron chi connectivity index (χ1n) is 11.6. The van der Waals surface area contributed by atoms with Gasteiger partial charge in [-0.2, -0.15) is 4.98 Å². The highest BCUT2D eigenvalue weighted by atomic mass is 35.5. The zero-order valence-corrected chi connectivity index (χ0v) is 20.3. The van der Waals surface area contributed by atoms with E-state index in [1.54, 1.807) is 19.2 Å². The molecule has 2 fully saturated rings. The van der Waals surface area contributed by atoms with Crippen molar-refractivity contribution in [2.24, 2.45) is 0 Å². The fraction of sp³-hybridized carbons (Fsp3) is 0.360. The minimum absolute atomic E-state index is 0.251. The molecule has 2 aliphatic heterocycles. The summed E-state index contributed by atoms with van der Waals surface area (Å²) in [5.74, 6) is 1.58. The molecule has 0 radical (unpaired) electrons. The second-order valence-electron chi connectivity index (χ2n) is 8.72. The average molecular weight is 495 g/mol. The number of nitrogens with one attached hydrogen (secondary N) is 2. The zero-order valence-electron chi connectivity index (χ0n) is 19.6. The van der Waals surface area contributed by atoms with Crippen LogP contribution < -0.4 is 20.3 Å². The second-order valence-corrected chi connectivity index (χ2v) is 9.15. The van der Waals surface area contributed by atoms with Gasteiger partial charge in [0, 0.05) is 16.8 Å². The van der Waals surface area contributed by atoms with Gasteiger partial charge in [0.15, 0.2) is 0 Å². The van der Waals surface area contributed by atoms with Crippen LogP contribution in [0.4, 0.5) is 17.5 Å². The molecule has 4 heterocycles. The fourth-order valence-electron chi connectivity index (χ4n) is 4.47. The molecule has 2 N–H and O–H groups in total. The minimum Gasteiger partial charge on any atom is -0.495 e. The number of benzene rings is 1. The molecule has 35 heavy (non-hydrogen) atoms. The van der Waals surface area contributed by atoms with Gasteiger partial charge in [-0.05, 0) is 56.2 Å². The third-order valence-electron chi connectivity index (χ3n) is 6.32. The molecule has 1 amide bonds. The fourth-order valence-corrected chi connectivity index (χ4v) is 4.60. The molecular weight excluding hydrogens is 468 g/mol. The van der Waals surface area contributed by atoms with Crippen molar-refractivity contribution in [2.45, 2.75) is 37.9 Å². The van der Waals surface area contributed by atoms with Crippen LogP contribution in [0.15, 0.2) is 48.7 Å². The standard InChI is InChI=1S/C25H27ClN6O3/c1-15(28-24(33)21-10-9-20(34-2)12-27-21)22-11-23(29-17-5-3-16(26)4-6-17)31-25(30-22)32-18-7-8-19(32)14-35-13-18/h3-6,9-12,15,18-19H,7-8,13-14H2,1-2H3,(H,28,33)(H,29,30,31)/t15-,18?,19?/m0/s1. The minimum atomic E-state index is -0.377. The van der Waals surface area contributed by atoms with Crippen LogP contribution in [0, 0.1) is 0 Å². The van der Waals surface area contributed by atoms with E-state index < -0.39 is 0 Å². The number of nitrogens with zero attached hydrogens (tertiary/aromatic N) is 4. The van der Waals surface area contributed by atoms with Gasteiger partial charge in [-0.15, -0.1) is 0 Å². The lowest BCUT2D eigenvalue weighted by Crippen LogP contribution is -2.47. The summed E-state index contributed by atoms with van der Waals surface area (Å²) in [7, 11) is 1.56. The summed E-state index contributed by atoms with van der Waals surface area (Å²) in [6, 6.07) is 12.7. The average Bonchev–Trinajstić information content (AvgIpc) is 3.13. The van der Waals surface area contributed by atoms with E-state index in [1.165, 1.54) is 6.20 Å². The highest BCUT2D eigenvalue weighted by molar-refractivity contribution is 6.30. The summed E-state index contributed by atoms with van der Waals surface area (Å²) in [6.45, 7) is 3.23. The van der Waals surface area contributed by atoms with Crippen LogP contribution in [0.25, 0.3) is 0 Å². The van der Waals surface area contributed by atoms with Crippen LogP contribution >= 0.6 is 11.6 Å². The molecule has 2 aromatic heterocycles. The van der Waals surface area contributed by atoms with Gasteiger partial charge < -0.3 is 25.0 Å². The van der Waals surface area contributed by atoms with E-state index in [-0.39, 0.29) is 24.0 Å². The summed E-state index contributed by atoms with van der Waals surface area (Å²) < 4.78 is 10.9. The van der Waals surface area contributed by atoms with Gasteiger partial charge in [0.2, 0.25) is 5.95 Å². The number of anilines is 3. The largest absolute Gasteiger partial charge is 0.495 e. The lowest BCUT2D eigenvalue weighted by atomic mass is 10.2. The Morgan fingerprint density at radius 2 is 1.89 bits per heavy atom. The molecule has 182 valence electrons. The lowest BCUT2D eigenvalue weighted by molar-refractivity contribution is 0.0897. The number of halogens is 1. The number of amides is 1. The molecule has 2 unspecified atom stereocenters. The summed E-state index contributed by atoms with van der Waals surface area (Å²) >= 11 is 6.04. The Balaban J connectivity index is 1.42. The Kier molecular flexibility index (Phi) is 6.70. The monoisotopic (exact) mass is 494 g/mol. The van der Waals surface area contributed by atoms with Crippen LogP contribution in [0.3, 0.4) is 0 Å². The zero-order chi connectivity index (χ0) is 24.4. The van der Waals surface area contributed by atoms with E-state index in [0.29, 0.717) is 47.1 Å². The number of pyridine rings is 1. The number of aromatic nitrogens is 3. The summed E-state index contributed by atoms with van der Waals surface area (Å²) in [5.41, 5.74) is 1.85. The molecule has 0 saturated carbocycles. The molecule has 9 nitrogen and oxygen atoms in total. The molecule has 3 aromatic rings. The number of methoxy groups -OCH3 is 1. The maximum absolute atomic E-state index is 12.8. The van der Waals surface area contributed by atoms with Crippen molar-refractivity contribution in [3.63, 3.8) is 0 Å². The third-order valence-corrected chi connectivity index (χ3v) is 6.57. The number of carbonyl (C=O) groups excluding carboxylic acids is 1. The predicted octanol–water partition coefficient (Wildman–Crippen LogP) is 4.14. The molecule has 3 atom stereocenters. The van der Waals surface area contributed by atoms with Gasteiger partial charge >= 0.3 is 0 Å². The Hall–Kier alpha value is -3.43. The number of morpholine rings is 1. The van der Waals surface area contributed by atoms with Gasteiger partial charge in [-0.25, -0.2) is 9.97 Å². The van der Waals surface area contributed by atoms with E-state index in [1.807, 2.05) is 37.3 Å². The SMILES string of the molecule is COc1ccc(C(=O)N[C@@H](C)c2cc(Nc3ccc(Cl)cc3)nc(N3C4CCC3COC4)n2)nc1. The van der Waals surface area contributed by atoms with E-state index >= 15 is 0 Å². The highest BCUT2D eigenvalue weighted by Gasteiger charge is 2.39. The number of carbonyl (C=O) groups is 1. The number of hydrogen-bond donors (Lipinski definition) is 2. The van der Waals surface area contributed by atoms with E-state index in [4.69, 9.17) is 31.0 Å². The first-order valence-corrected chi connectivity index (χ1v) is 12.0. The van der Waals surface area contributed by atoms with Crippen molar-refractivity contribution in [1.82, 2.24) is 20.3 Å². The normalized spacial score (nSPS) is 19.8. The quantitative estimate of drug-likeness (QED) is 0.505. The molecule has 2 aliphatic rings. The summed E-state index contributed by atoms with van der Waals surface area (Å²) in [6.07, 6.45) is 3.62. The van der Waals surface area contributed by atoms with Gasteiger partial charge in [-0.1, -0.05) is 11.6 Å². The Labute approximate surface area is 208 Å². The van der Waals surface area contributed by atoms with Crippen LogP contribution in [0.2, 0.25) is 5.02 Å². The van der Waals surface area contributed by atoms with Gasteiger partial charge in [0.25, 0.3) is 5.91 Å². The second kappa shape index (κ2) is 10.1. The number of rotatable bonds is 7. The Morgan fingerprint density at radius 1 is 1.14 bits per heavy atom. The first kappa shape index (κ1) is 23.3. The molecule has 1 aromatic carbocycles. The van der Waals surface area contributed by atoms with Gasteiger partial charge in [-0.3, -0.25) is 4.79 Å². The predicted molar refractivity (Wildman–Crippen MR) is 134 cm³/mol. The van der Waals surface area contributed by atoms with E-state index in [9.17, 15) is 4.79 Å². The molecule has 10 heteroatoms. The van der Waals surface area contributed by atoms with Crippen molar-refractivity contribution in [2.75, 3.05) is 30.5 Å². The summed E-state index contributed by atoms with van der Waals surface area (Å²) in [5, 5.41) is 7.00. The van der Waals surface area contributed by atoms with Crippen LogP contribution in [0.1, 0.15) is 42.0 Å². The molecule has 0 aliphatic carbocycles. The molecule has 0 spiro atoms. The van der Waals surface area contributed by atoms with Crippen molar-refractivity contribution in [3.05, 3.63) is 65.1 Å². The maximum Gasteiger partial charge on any atom is 0.270 e. The molecular formula is C25H27ClN6O3. The van der Waals surface area contributed by atoms with E-state index in [2.05, 4.69) is 20.5 Å². The van der Waals surface area contributed by atoms with Crippen molar-refractivity contribution in [3.8, 4) is 5.75 Å². The molecule has 5 rings (SSSR count). The Morgan fingerprint density at radius 3 is 2.54 bits per heavy atom. The first-order chi connectivity index (χ1) is 17.0. The van der Waals surface area contributed by atoms with Crippen LogP contribution in [0.5, 0.6) is 5.75 Å². The van der Waals surface area contributed by atoms with E-state index in [0.717, 1.165) is 18.5 Å².